The van der Waals surface area contributed by atoms with Crippen molar-refractivity contribution in [3.8, 4) is 17.3 Å². The van der Waals surface area contributed by atoms with Crippen LogP contribution < -0.4 is 5.32 Å². The maximum Gasteiger partial charge on any atom is 0.271 e. The van der Waals surface area contributed by atoms with Crippen molar-refractivity contribution in [1.29, 1.82) is 5.26 Å². The molecule has 3 rings (SSSR count). The number of nitriles is 1. The van der Waals surface area contributed by atoms with Crippen molar-refractivity contribution in [1.82, 2.24) is 20.1 Å². The van der Waals surface area contributed by atoms with E-state index < -0.39 is 0 Å². The molecule has 0 aliphatic heterocycles. The lowest BCUT2D eigenvalue weighted by molar-refractivity contribution is 0.0931. The van der Waals surface area contributed by atoms with Crippen molar-refractivity contribution < 1.29 is 9.90 Å². The van der Waals surface area contributed by atoms with Crippen molar-refractivity contribution in [3.05, 3.63) is 56.6 Å². The fourth-order valence-electron chi connectivity index (χ4n) is 2.77. The Morgan fingerprint density at radius 3 is 2.93 bits per heavy atom. The second kappa shape index (κ2) is 8.52. The molecule has 28 heavy (non-hydrogen) atoms. The van der Waals surface area contributed by atoms with Crippen LogP contribution in [0.4, 0.5) is 0 Å². The first-order valence-electron chi connectivity index (χ1n) is 8.52. The number of nitrogens with one attached hydrogen (secondary N) is 1. The highest BCUT2D eigenvalue weighted by atomic mass is 35.5. The number of aliphatic hydroxyl groups excluding tert-OH is 1. The average molecular weight is 416 g/mol. The van der Waals surface area contributed by atoms with Gasteiger partial charge in [-0.1, -0.05) is 17.7 Å². The number of benzene rings is 1. The van der Waals surface area contributed by atoms with E-state index in [1.165, 1.54) is 11.3 Å². The zero-order chi connectivity index (χ0) is 20.3. The molecule has 0 saturated carbocycles. The number of carbonyl (C=O) groups excluding carboxylic acids is 1. The molecule has 7 nitrogen and oxygen atoms in total. The number of thiazole rings is 1. The van der Waals surface area contributed by atoms with Crippen LogP contribution in [0, 0.1) is 18.3 Å². The molecule has 0 aliphatic rings. The predicted molar refractivity (Wildman–Crippen MR) is 107 cm³/mol. The Labute approximate surface area is 171 Å². The van der Waals surface area contributed by atoms with Crippen LogP contribution in [-0.2, 0) is 13.2 Å². The van der Waals surface area contributed by atoms with E-state index in [0.717, 1.165) is 16.8 Å². The second-order valence-corrected chi connectivity index (χ2v) is 7.61. The van der Waals surface area contributed by atoms with Gasteiger partial charge in [0.25, 0.3) is 5.91 Å². The molecule has 144 valence electrons. The Kier molecular flexibility index (Phi) is 6.09. The van der Waals surface area contributed by atoms with Crippen LogP contribution in [0.3, 0.4) is 0 Å². The van der Waals surface area contributed by atoms with E-state index in [9.17, 15) is 4.79 Å². The Morgan fingerprint density at radius 2 is 2.25 bits per heavy atom. The number of rotatable bonds is 6. The first kappa shape index (κ1) is 20.0. The Balaban J connectivity index is 1.68. The third-order valence-corrected chi connectivity index (χ3v) is 5.50. The minimum Gasteiger partial charge on any atom is -0.389 e. The Bertz CT molecular complexity index is 1050. The largest absolute Gasteiger partial charge is 0.389 e. The van der Waals surface area contributed by atoms with Gasteiger partial charge < -0.3 is 10.4 Å². The molecule has 3 aromatic rings. The zero-order valence-corrected chi connectivity index (χ0v) is 16.9. The van der Waals surface area contributed by atoms with Gasteiger partial charge in [-0.05, 0) is 31.5 Å². The molecule has 1 unspecified atom stereocenters. The van der Waals surface area contributed by atoms with Gasteiger partial charge in [0.2, 0.25) is 0 Å². The van der Waals surface area contributed by atoms with Crippen LogP contribution in [0.2, 0.25) is 5.02 Å². The molecule has 1 atom stereocenters. The van der Waals surface area contributed by atoms with Crippen LogP contribution in [0.15, 0.2) is 29.8 Å². The molecule has 2 N–H and O–H groups in total. The fourth-order valence-corrected chi connectivity index (χ4v) is 3.61. The quantitative estimate of drug-likeness (QED) is 0.643. The average Bonchev–Trinajstić information content (AvgIpc) is 3.33. The SMILES string of the molecule is Cc1c(-c2ccn(CC(C)NC(=O)c3csc(CO)n3)n2)ccc(C#N)c1Cl. The van der Waals surface area contributed by atoms with Gasteiger partial charge in [-0.3, -0.25) is 9.48 Å². The normalized spacial score (nSPS) is 11.8. The smallest absolute Gasteiger partial charge is 0.271 e. The van der Waals surface area contributed by atoms with E-state index in [0.29, 0.717) is 27.8 Å². The lowest BCUT2D eigenvalue weighted by Gasteiger charge is -2.13. The summed E-state index contributed by atoms with van der Waals surface area (Å²) in [4.78, 5) is 16.3. The lowest BCUT2D eigenvalue weighted by atomic mass is 10.0. The summed E-state index contributed by atoms with van der Waals surface area (Å²) in [5.74, 6) is -0.287. The number of halogens is 1. The third-order valence-electron chi connectivity index (χ3n) is 4.18. The molecule has 0 saturated heterocycles. The summed E-state index contributed by atoms with van der Waals surface area (Å²) in [6, 6.07) is 7.27. The van der Waals surface area contributed by atoms with E-state index in [1.807, 2.05) is 32.2 Å². The summed E-state index contributed by atoms with van der Waals surface area (Å²) in [6.45, 7) is 4.03. The Morgan fingerprint density at radius 1 is 1.46 bits per heavy atom. The molecule has 2 heterocycles. The van der Waals surface area contributed by atoms with E-state index in [4.69, 9.17) is 22.0 Å². The number of aliphatic hydroxyl groups is 1. The van der Waals surface area contributed by atoms with Gasteiger partial charge in [0.1, 0.15) is 16.8 Å². The molecule has 2 aromatic heterocycles. The minimum absolute atomic E-state index is 0.176. The summed E-state index contributed by atoms with van der Waals surface area (Å²) in [5, 5.41) is 28.1. The van der Waals surface area contributed by atoms with Gasteiger partial charge in [0.05, 0.1) is 29.4 Å². The molecule has 0 aliphatic carbocycles. The summed E-state index contributed by atoms with van der Waals surface area (Å²) in [5.41, 5.74) is 3.14. The second-order valence-electron chi connectivity index (χ2n) is 6.29. The number of aromatic nitrogens is 3. The molecule has 0 spiro atoms. The van der Waals surface area contributed by atoms with Gasteiger partial charge in [-0.2, -0.15) is 10.4 Å². The topological polar surface area (TPSA) is 104 Å². The van der Waals surface area contributed by atoms with Crippen LogP contribution in [0.25, 0.3) is 11.3 Å². The summed E-state index contributed by atoms with van der Waals surface area (Å²) >= 11 is 7.49. The lowest BCUT2D eigenvalue weighted by Crippen LogP contribution is -2.36. The first-order chi connectivity index (χ1) is 13.4. The monoisotopic (exact) mass is 415 g/mol. The van der Waals surface area contributed by atoms with Gasteiger partial charge >= 0.3 is 0 Å². The van der Waals surface area contributed by atoms with Crippen molar-refractivity contribution in [2.75, 3.05) is 0 Å². The first-order valence-corrected chi connectivity index (χ1v) is 9.77. The summed E-state index contributed by atoms with van der Waals surface area (Å²) in [6.07, 6.45) is 1.83. The van der Waals surface area contributed by atoms with Crippen LogP contribution in [0.1, 0.15) is 33.5 Å². The van der Waals surface area contributed by atoms with Gasteiger partial charge in [-0.15, -0.1) is 11.3 Å². The van der Waals surface area contributed by atoms with Gasteiger partial charge in [0, 0.05) is 23.2 Å². The molecular formula is C19H18ClN5O2S. The van der Waals surface area contributed by atoms with E-state index in [2.05, 4.69) is 21.5 Å². The highest BCUT2D eigenvalue weighted by Gasteiger charge is 2.15. The molecular weight excluding hydrogens is 398 g/mol. The summed E-state index contributed by atoms with van der Waals surface area (Å²) < 4.78 is 1.74. The predicted octanol–water partition coefficient (Wildman–Crippen LogP) is 3.15. The van der Waals surface area contributed by atoms with E-state index >= 15 is 0 Å². The number of nitrogens with zero attached hydrogens (tertiary/aromatic N) is 4. The molecule has 1 amide bonds. The van der Waals surface area contributed by atoms with Crippen LogP contribution in [-0.4, -0.2) is 31.8 Å². The van der Waals surface area contributed by atoms with E-state index in [1.54, 1.807) is 16.1 Å². The zero-order valence-electron chi connectivity index (χ0n) is 15.3. The molecule has 0 fully saturated rings. The number of carbonyl (C=O) groups is 1. The maximum atomic E-state index is 12.2. The Hall–Kier alpha value is -2.73. The fraction of sp³-hybridized carbons (Fsp3) is 0.263. The van der Waals surface area contributed by atoms with Crippen molar-refractivity contribution >= 4 is 28.8 Å². The highest BCUT2D eigenvalue weighted by molar-refractivity contribution is 7.09. The van der Waals surface area contributed by atoms with Crippen LogP contribution in [0.5, 0.6) is 0 Å². The van der Waals surface area contributed by atoms with Gasteiger partial charge in [0.15, 0.2) is 0 Å². The van der Waals surface area contributed by atoms with Crippen molar-refractivity contribution in [2.24, 2.45) is 0 Å². The molecule has 0 radical (unpaired) electrons. The van der Waals surface area contributed by atoms with Crippen molar-refractivity contribution in [3.63, 3.8) is 0 Å². The van der Waals surface area contributed by atoms with Gasteiger partial charge in [-0.25, -0.2) is 4.98 Å². The molecule has 1 aromatic carbocycles. The minimum atomic E-state index is -0.287. The highest BCUT2D eigenvalue weighted by Crippen LogP contribution is 2.29. The van der Waals surface area contributed by atoms with E-state index in [-0.39, 0.29) is 18.6 Å². The number of hydrogen-bond acceptors (Lipinski definition) is 6. The maximum absolute atomic E-state index is 12.2. The van der Waals surface area contributed by atoms with Crippen LogP contribution >= 0.6 is 22.9 Å². The molecule has 9 heteroatoms. The standard InChI is InChI=1S/C19H18ClN5O2S/c1-11(22-19(27)16-10-28-17(9-26)23-16)8-25-6-5-15(24-25)14-4-3-13(7-21)18(20)12(14)2/h3-6,10-11,26H,8-9H2,1-2H3,(H,22,27). The number of amides is 1. The third kappa shape index (κ3) is 4.22. The van der Waals surface area contributed by atoms with Crippen molar-refractivity contribution in [2.45, 2.75) is 33.0 Å². The molecule has 0 bridgehead atoms. The summed E-state index contributed by atoms with van der Waals surface area (Å²) in [7, 11) is 0. The number of hydrogen-bond donors (Lipinski definition) is 2.